The Morgan fingerprint density at radius 3 is 1.84 bits per heavy atom. The van der Waals surface area contributed by atoms with Crippen LogP contribution in [0.2, 0.25) is 0 Å². The maximum Gasteiger partial charge on any atom is 0.115 e. The maximum absolute atomic E-state index is 5.66. The van der Waals surface area contributed by atoms with Gasteiger partial charge in [0.25, 0.3) is 0 Å². The summed E-state index contributed by atoms with van der Waals surface area (Å²) in [7, 11) is 0. The average molecular weight is 407 g/mol. The predicted molar refractivity (Wildman–Crippen MR) is 100 cm³/mol. The van der Waals surface area contributed by atoms with Gasteiger partial charge in [-0.3, -0.25) is 0 Å². The molecular formula is C13H12BrPS4. The van der Waals surface area contributed by atoms with Gasteiger partial charge in [-0.05, 0) is 43.3 Å². The lowest BCUT2D eigenvalue weighted by molar-refractivity contribution is 1.38. The Bertz CT molecular complexity index is 544. The molecule has 2 aromatic rings. The third kappa shape index (κ3) is 5.49. The summed E-state index contributed by atoms with van der Waals surface area (Å²) in [4.78, 5) is 2.36. The Kier molecular flexibility index (Phi) is 5.94. The molecule has 0 aromatic heterocycles. The fourth-order valence-corrected chi connectivity index (χ4v) is 10.3. The first-order chi connectivity index (χ1) is 8.94. The molecule has 2 aromatic carbocycles. The van der Waals surface area contributed by atoms with E-state index in [1.165, 1.54) is 15.4 Å². The zero-order valence-corrected chi connectivity index (χ0v) is 15.9. The van der Waals surface area contributed by atoms with E-state index in [0.29, 0.717) is 0 Å². The van der Waals surface area contributed by atoms with E-state index in [2.05, 4.69) is 59.3 Å². The lowest BCUT2D eigenvalue weighted by atomic mass is 10.2. The molecule has 0 heterocycles. The Morgan fingerprint density at radius 1 is 0.947 bits per heavy atom. The van der Waals surface area contributed by atoms with Crippen LogP contribution in [0.15, 0.2) is 62.8 Å². The van der Waals surface area contributed by atoms with E-state index in [4.69, 9.17) is 24.1 Å². The molecule has 0 nitrogen and oxygen atoms in total. The van der Waals surface area contributed by atoms with Gasteiger partial charge < -0.3 is 0 Å². The highest BCUT2D eigenvalue weighted by Gasteiger charge is 2.15. The van der Waals surface area contributed by atoms with Crippen LogP contribution in [0.5, 0.6) is 0 Å². The fraction of sp³-hybridized carbons (Fsp3) is 0.0769. The SMILES string of the molecule is Cc1ccc(SP(=S)(S)Sc2ccc(Br)cc2)cc1. The van der Waals surface area contributed by atoms with E-state index >= 15 is 0 Å². The fourth-order valence-electron chi connectivity index (χ4n) is 1.38. The second-order valence-electron chi connectivity index (χ2n) is 3.92. The van der Waals surface area contributed by atoms with Gasteiger partial charge in [0.05, 0.1) is 0 Å². The van der Waals surface area contributed by atoms with Crippen LogP contribution in [0.25, 0.3) is 0 Å². The van der Waals surface area contributed by atoms with Gasteiger partial charge in [-0.2, -0.15) is 0 Å². The third-order valence-electron chi connectivity index (χ3n) is 2.28. The van der Waals surface area contributed by atoms with Crippen molar-refractivity contribution in [1.29, 1.82) is 0 Å². The van der Waals surface area contributed by atoms with Gasteiger partial charge in [0.1, 0.15) is 3.64 Å². The lowest BCUT2D eigenvalue weighted by Crippen LogP contribution is -1.72. The van der Waals surface area contributed by atoms with Gasteiger partial charge in [-0.25, -0.2) is 0 Å². The first kappa shape index (κ1) is 16.0. The molecule has 1 atom stereocenters. The van der Waals surface area contributed by atoms with E-state index in [1.807, 2.05) is 12.1 Å². The normalized spacial score (nSPS) is 14.1. The van der Waals surface area contributed by atoms with Crippen LogP contribution < -0.4 is 0 Å². The first-order valence-corrected chi connectivity index (χ1v) is 13.1. The summed E-state index contributed by atoms with van der Waals surface area (Å²) in [5.74, 6) is 0. The van der Waals surface area contributed by atoms with Gasteiger partial charge >= 0.3 is 0 Å². The number of hydrogen-bond acceptors (Lipinski definition) is 3. The van der Waals surface area contributed by atoms with Crippen molar-refractivity contribution in [3.8, 4) is 0 Å². The highest BCUT2D eigenvalue weighted by molar-refractivity contribution is 9.20. The molecule has 0 spiro atoms. The minimum Gasteiger partial charge on any atom is -0.121 e. The Balaban J connectivity index is 2.08. The van der Waals surface area contributed by atoms with Crippen LogP contribution in [0.4, 0.5) is 0 Å². The first-order valence-electron chi connectivity index (χ1n) is 5.49. The minimum absolute atomic E-state index is 1.08. The zero-order chi connectivity index (χ0) is 13.9. The monoisotopic (exact) mass is 406 g/mol. The molecule has 0 amide bonds. The zero-order valence-electron chi connectivity index (χ0n) is 10.1. The van der Waals surface area contributed by atoms with Crippen molar-refractivity contribution in [1.82, 2.24) is 0 Å². The smallest absolute Gasteiger partial charge is 0.115 e. The number of hydrogen-bond donors (Lipinski definition) is 1. The van der Waals surface area contributed by atoms with E-state index < -0.39 is 3.64 Å². The third-order valence-corrected chi connectivity index (χ3v) is 11.0. The minimum atomic E-state index is -1.82. The maximum atomic E-state index is 5.66. The van der Waals surface area contributed by atoms with Crippen LogP contribution >= 0.6 is 54.6 Å². The van der Waals surface area contributed by atoms with Gasteiger partial charge in [0, 0.05) is 14.3 Å². The van der Waals surface area contributed by atoms with Crippen molar-refractivity contribution in [2.24, 2.45) is 0 Å². The van der Waals surface area contributed by atoms with Gasteiger partial charge in [-0.15, -0.1) is 12.2 Å². The summed E-state index contributed by atoms with van der Waals surface area (Å²) in [6, 6.07) is 16.6. The Labute approximate surface area is 140 Å². The number of benzene rings is 2. The molecule has 0 radical (unpaired) electrons. The standard InChI is InChI=1S/C13H12BrPS4/c1-10-2-6-12(7-3-10)18-15(16,17)19-13-8-4-11(14)5-9-13/h2-9H,1H3,(H,16,17). The molecule has 100 valence electrons. The number of aryl methyl sites for hydroxylation is 1. The largest absolute Gasteiger partial charge is 0.121 e. The molecule has 0 bridgehead atoms. The van der Waals surface area contributed by atoms with Crippen LogP contribution in [0, 0.1) is 6.92 Å². The van der Waals surface area contributed by atoms with Crippen LogP contribution in [0.3, 0.4) is 0 Å². The number of thiol groups is 1. The van der Waals surface area contributed by atoms with Crippen LogP contribution in [-0.4, -0.2) is 0 Å². The lowest BCUT2D eigenvalue weighted by Gasteiger charge is -2.14. The number of rotatable bonds is 4. The van der Waals surface area contributed by atoms with E-state index in [1.54, 1.807) is 22.8 Å². The molecule has 0 saturated carbocycles. The molecule has 6 heteroatoms. The molecule has 0 aliphatic rings. The second-order valence-corrected chi connectivity index (χ2v) is 19.4. The van der Waals surface area contributed by atoms with Crippen LogP contribution in [0.1, 0.15) is 5.56 Å². The van der Waals surface area contributed by atoms with Crippen LogP contribution in [-0.2, 0) is 11.8 Å². The highest BCUT2D eigenvalue weighted by Crippen LogP contribution is 2.77. The summed E-state index contributed by atoms with van der Waals surface area (Å²) in [6.45, 7) is 2.09. The second kappa shape index (κ2) is 7.06. The molecule has 0 N–H and O–H groups in total. The summed E-state index contributed by atoms with van der Waals surface area (Å²) in [5, 5.41) is 0. The summed E-state index contributed by atoms with van der Waals surface area (Å²) >= 11 is 17.2. The summed E-state index contributed by atoms with van der Waals surface area (Å²) in [5.41, 5.74) is 1.26. The van der Waals surface area contributed by atoms with Crippen molar-refractivity contribution >= 4 is 66.4 Å². The summed E-state index contributed by atoms with van der Waals surface area (Å²) < 4.78 is -0.742. The molecule has 19 heavy (non-hydrogen) atoms. The van der Waals surface area contributed by atoms with Gasteiger partial charge in [-0.1, -0.05) is 68.2 Å². The quantitative estimate of drug-likeness (QED) is 0.438. The Hall–Kier alpha value is 0.620. The van der Waals surface area contributed by atoms with Crippen molar-refractivity contribution in [2.75, 3.05) is 0 Å². The van der Waals surface area contributed by atoms with Crippen molar-refractivity contribution < 1.29 is 0 Å². The van der Waals surface area contributed by atoms with Gasteiger partial charge in [0.15, 0.2) is 0 Å². The average Bonchev–Trinajstić information content (AvgIpc) is 2.34. The van der Waals surface area contributed by atoms with Gasteiger partial charge in [0.2, 0.25) is 0 Å². The topological polar surface area (TPSA) is 0 Å². The van der Waals surface area contributed by atoms with E-state index in [0.717, 1.165) is 4.47 Å². The summed E-state index contributed by atoms with van der Waals surface area (Å²) in [6.07, 6.45) is 0. The number of halogens is 1. The Morgan fingerprint density at radius 2 is 1.37 bits per heavy atom. The molecular weight excluding hydrogens is 395 g/mol. The predicted octanol–water partition coefficient (Wildman–Crippen LogP) is 6.80. The van der Waals surface area contributed by atoms with Crippen molar-refractivity contribution in [3.63, 3.8) is 0 Å². The highest BCUT2D eigenvalue weighted by atomic mass is 79.9. The van der Waals surface area contributed by atoms with Crippen molar-refractivity contribution in [3.05, 3.63) is 58.6 Å². The van der Waals surface area contributed by atoms with E-state index in [-0.39, 0.29) is 0 Å². The van der Waals surface area contributed by atoms with E-state index in [9.17, 15) is 0 Å². The molecule has 2 rings (SSSR count). The molecule has 1 unspecified atom stereocenters. The molecule has 0 saturated heterocycles. The molecule has 0 aliphatic heterocycles. The van der Waals surface area contributed by atoms with Crippen molar-refractivity contribution in [2.45, 2.75) is 16.7 Å². The molecule has 0 fully saturated rings. The molecule has 0 aliphatic carbocycles.